The van der Waals surface area contributed by atoms with Crippen molar-refractivity contribution < 1.29 is 5.11 Å². The highest BCUT2D eigenvalue weighted by Gasteiger charge is 2.23. The van der Waals surface area contributed by atoms with Crippen LogP contribution in [0.4, 0.5) is 0 Å². The average Bonchev–Trinajstić information content (AvgIpc) is 2.67. The second-order valence-electron chi connectivity index (χ2n) is 4.95. The van der Waals surface area contributed by atoms with Gasteiger partial charge in [0.05, 0.1) is 11.8 Å². The molecule has 0 aliphatic rings. The van der Waals surface area contributed by atoms with Crippen molar-refractivity contribution in [2.75, 3.05) is 0 Å². The van der Waals surface area contributed by atoms with Gasteiger partial charge in [-0.1, -0.05) is 31.5 Å². The first-order valence-corrected chi connectivity index (χ1v) is 6.67. The van der Waals surface area contributed by atoms with Crippen molar-refractivity contribution in [2.24, 2.45) is 7.05 Å². The van der Waals surface area contributed by atoms with Gasteiger partial charge in [0.2, 0.25) is 0 Å². The van der Waals surface area contributed by atoms with E-state index in [1.165, 1.54) is 0 Å². The Morgan fingerprint density at radius 3 is 2.74 bits per heavy atom. The molecule has 0 amide bonds. The summed E-state index contributed by atoms with van der Waals surface area (Å²) in [7, 11) is 1.79. The molecule has 0 saturated carbocycles. The van der Waals surface area contributed by atoms with Crippen molar-refractivity contribution in [3.8, 4) is 0 Å². The van der Waals surface area contributed by atoms with E-state index in [4.69, 9.17) is 11.6 Å². The van der Waals surface area contributed by atoms with Gasteiger partial charge in [0.25, 0.3) is 0 Å². The lowest BCUT2D eigenvalue weighted by Gasteiger charge is -2.13. The van der Waals surface area contributed by atoms with E-state index in [1.54, 1.807) is 24.1 Å². The molecule has 0 fully saturated rings. The fourth-order valence-electron chi connectivity index (χ4n) is 2.12. The van der Waals surface area contributed by atoms with Gasteiger partial charge in [-0.05, 0) is 17.5 Å². The van der Waals surface area contributed by atoms with Crippen LogP contribution in [-0.4, -0.2) is 19.9 Å². The number of hydrogen-bond donors (Lipinski definition) is 1. The Balaban J connectivity index is 2.31. The summed E-state index contributed by atoms with van der Waals surface area (Å²) < 4.78 is 1.61. The third-order valence-corrected chi connectivity index (χ3v) is 3.52. The van der Waals surface area contributed by atoms with Crippen LogP contribution < -0.4 is 0 Å². The molecule has 1 atom stereocenters. The minimum Gasteiger partial charge on any atom is -0.388 e. The highest BCUT2D eigenvalue weighted by molar-refractivity contribution is 6.30. The second kappa shape index (κ2) is 5.72. The third kappa shape index (κ3) is 2.96. The largest absolute Gasteiger partial charge is 0.388 e. The molecule has 5 heteroatoms. The van der Waals surface area contributed by atoms with Gasteiger partial charge in [-0.3, -0.25) is 9.67 Å². The quantitative estimate of drug-likeness (QED) is 0.936. The molecule has 2 aromatic heterocycles. The number of halogens is 1. The van der Waals surface area contributed by atoms with Crippen molar-refractivity contribution in [3.05, 3.63) is 46.5 Å². The molecule has 1 unspecified atom stereocenters. The van der Waals surface area contributed by atoms with Crippen LogP contribution >= 0.6 is 11.6 Å². The maximum absolute atomic E-state index is 10.4. The number of aryl methyl sites for hydroxylation is 1. The lowest BCUT2D eigenvalue weighted by atomic mass is 9.98. The van der Waals surface area contributed by atoms with Gasteiger partial charge in [0.15, 0.2) is 0 Å². The van der Waals surface area contributed by atoms with Crippen molar-refractivity contribution >= 4 is 11.6 Å². The molecule has 2 aromatic rings. The Morgan fingerprint density at radius 1 is 1.42 bits per heavy atom. The Hall–Kier alpha value is -1.39. The highest BCUT2D eigenvalue weighted by Crippen LogP contribution is 2.32. The first-order chi connectivity index (χ1) is 9.00. The molecule has 0 radical (unpaired) electrons. The Kier molecular flexibility index (Phi) is 4.22. The van der Waals surface area contributed by atoms with E-state index in [0.29, 0.717) is 11.6 Å². The number of nitrogens with zero attached hydrogens (tertiary/aromatic N) is 3. The summed E-state index contributed by atoms with van der Waals surface area (Å²) in [6.07, 6.45) is 3.29. The van der Waals surface area contributed by atoms with E-state index < -0.39 is 6.10 Å². The Labute approximate surface area is 118 Å². The van der Waals surface area contributed by atoms with Crippen LogP contribution in [0.5, 0.6) is 0 Å². The smallest absolute Gasteiger partial charge is 0.132 e. The molecule has 1 N–H and O–H groups in total. The summed E-state index contributed by atoms with van der Waals surface area (Å²) >= 11 is 6.24. The standard InChI is InChI=1S/C14H18ClN3O/c1-9(2)13-12(14(15)18(3)17-13)11(19)7-10-5-4-6-16-8-10/h4-6,8-9,11,19H,7H2,1-3H3. The fraction of sp³-hybridized carbons (Fsp3) is 0.429. The minimum absolute atomic E-state index is 0.220. The van der Waals surface area contributed by atoms with Gasteiger partial charge in [0, 0.05) is 31.4 Å². The second-order valence-corrected chi connectivity index (χ2v) is 5.31. The molecule has 0 bridgehead atoms. The van der Waals surface area contributed by atoms with Gasteiger partial charge in [-0.25, -0.2) is 0 Å². The molecule has 2 rings (SSSR count). The fourth-order valence-corrected chi connectivity index (χ4v) is 2.38. The van der Waals surface area contributed by atoms with E-state index in [-0.39, 0.29) is 5.92 Å². The number of pyridine rings is 1. The van der Waals surface area contributed by atoms with Crippen molar-refractivity contribution in [1.82, 2.24) is 14.8 Å². The molecule has 102 valence electrons. The van der Waals surface area contributed by atoms with E-state index in [1.807, 2.05) is 26.0 Å². The Morgan fingerprint density at radius 2 is 2.16 bits per heavy atom. The zero-order valence-corrected chi connectivity index (χ0v) is 12.1. The number of aromatic nitrogens is 3. The predicted molar refractivity (Wildman–Crippen MR) is 75.2 cm³/mol. The molecule has 2 heterocycles. The summed E-state index contributed by atoms with van der Waals surface area (Å²) in [5.41, 5.74) is 2.55. The molecule has 19 heavy (non-hydrogen) atoms. The number of hydrogen-bond acceptors (Lipinski definition) is 3. The van der Waals surface area contributed by atoms with Gasteiger partial charge in [0.1, 0.15) is 5.15 Å². The van der Waals surface area contributed by atoms with Crippen LogP contribution in [0.1, 0.15) is 42.7 Å². The molecule has 0 aliphatic heterocycles. The first kappa shape index (κ1) is 14.0. The molecule has 0 aromatic carbocycles. The van der Waals surface area contributed by atoms with E-state index >= 15 is 0 Å². The van der Waals surface area contributed by atoms with Gasteiger partial charge in [-0.2, -0.15) is 5.10 Å². The van der Waals surface area contributed by atoms with E-state index in [9.17, 15) is 5.11 Å². The maximum Gasteiger partial charge on any atom is 0.132 e. The van der Waals surface area contributed by atoms with Crippen LogP contribution in [-0.2, 0) is 13.5 Å². The van der Waals surface area contributed by atoms with E-state index in [2.05, 4.69) is 10.1 Å². The summed E-state index contributed by atoms with van der Waals surface area (Å²) in [6, 6.07) is 3.80. The molecule has 0 spiro atoms. The molecular formula is C14H18ClN3O. The topological polar surface area (TPSA) is 50.9 Å². The summed E-state index contributed by atoms with van der Waals surface area (Å²) in [4.78, 5) is 4.05. The van der Waals surface area contributed by atoms with Gasteiger partial charge < -0.3 is 5.11 Å². The van der Waals surface area contributed by atoms with Crippen LogP contribution in [0.25, 0.3) is 0 Å². The normalized spacial score (nSPS) is 12.9. The van der Waals surface area contributed by atoms with E-state index in [0.717, 1.165) is 16.8 Å². The van der Waals surface area contributed by atoms with Gasteiger partial charge in [-0.15, -0.1) is 0 Å². The zero-order valence-electron chi connectivity index (χ0n) is 11.3. The minimum atomic E-state index is -0.664. The number of aliphatic hydroxyl groups excluding tert-OH is 1. The summed E-state index contributed by atoms with van der Waals surface area (Å²) in [6.45, 7) is 4.08. The van der Waals surface area contributed by atoms with Gasteiger partial charge >= 0.3 is 0 Å². The Bertz CT molecular complexity index is 551. The van der Waals surface area contributed by atoms with Crippen LogP contribution in [0.3, 0.4) is 0 Å². The van der Waals surface area contributed by atoms with Crippen molar-refractivity contribution in [1.29, 1.82) is 0 Å². The van der Waals surface area contributed by atoms with Crippen LogP contribution in [0.15, 0.2) is 24.5 Å². The highest BCUT2D eigenvalue weighted by atomic mass is 35.5. The summed E-state index contributed by atoms with van der Waals surface area (Å²) in [5.74, 6) is 0.220. The third-order valence-electron chi connectivity index (χ3n) is 3.07. The first-order valence-electron chi connectivity index (χ1n) is 6.30. The average molecular weight is 280 g/mol. The predicted octanol–water partition coefficient (Wildman–Crippen LogP) is 2.87. The van der Waals surface area contributed by atoms with Crippen LogP contribution in [0, 0.1) is 0 Å². The molecule has 0 aliphatic carbocycles. The molecule has 4 nitrogen and oxygen atoms in total. The summed E-state index contributed by atoms with van der Waals surface area (Å²) in [5, 5.41) is 15.3. The monoisotopic (exact) mass is 279 g/mol. The van der Waals surface area contributed by atoms with Crippen LogP contribution in [0.2, 0.25) is 5.15 Å². The van der Waals surface area contributed by atoms with Crippen molar-refractivity contribution in [2.45, 2.75) is 32.3 Å². The SMILES string of the molecule is CC(C)c1nn(C)c(Cl)c1C(O)Cc1cccnc1. The zero-order chi connectivity index (χ0) is 14.0. The lowest BCUT2D eigenvalue weighted by Crippen LogP contribution is -2.06. The molecule has 0 saturated heterocycles. The lowest BCUT2D eigenvalue weighted by molar-refractivity contribution is 0.177. The van der Waals surface area contributed by atoms with Crippen molar-refractivity contribution in [3.63, 3.8) is 0 Å². The number of rotatable bonds is 4. The maximum atomic E-state index is 10.4. The molecular weight excluding hydrogens is 262 g/mol. The number of aliphatic hydroxyl groups is 1.